The quantitative estimate of drug-likeness (QED) is 0.852. The van der Waals surface area contributed by atoms with E-state index in [1.165, 1.54) is 0 Å². The van der Waals surface area contributed by atoms with Crippen LogP contribution >= 0.6 is 11.6 Å². The number of hydrogen-bond donors (Lipinski definition) is 2. The minimum Gasteiger partial charge on any atom is -0.383 e. The molecule has 3 N–H and O–H groups in total. The number of allylic oxidation sites excluding steroid dienone is 1. The third kappa shape index (κ3) is 2.65. The van der Waals surface area contributed by atoms with Crippen molar-refractivity contribution in [1.29, 1.82) is 0 Å². The Hall–Kier alpha value is -2.26. The summed E-state index contributed by atoms with van der Waals surface area (Å²) < 4.78 is 0. The summed E-state index contributed by atoms with van der Waals surface area (Å²) in [5.41, 5.74) is 11.0. The molecule has 4 heteroatoms. The van der Waals surface area contributed by atoms with Gasteiger partial charge in [0.05, 0.1) is 11.4 Å². The van der Waals surface area contributed by atoms with Crippen LogP contribution < -0.4 is 11.1 Å². The SMILES string of the molecule is CCC1=C(c2cccc(Cl)c2)C(N)=Nc2ccccc2N1. The smallest absolute Gasteiger partial charge is 0.133 e. The molecular formula is C17H16ClN3. The summed E-state index contributed by atoms with van der Waals surface area (Å²) in [6.07, 6.45) is 0.826. The van der Waals surface area contributed by atoms with Crippen molar-refractivity contribution in [1.82, 2.24) is 0 Å². The number of halogens is 1. The maximum atomic E-state index is 6.25. The fraction of sp³-hybridized carbons (Fsp3) is 0.118. The fourth-order valence-corrected chi connectivity index (χ4v) is 2.66. The minimum atomic E-state index is 0.506. The van der Waals surface area contributed by atoms with E-state index >= 15 is 0 Å². The van der Waals surface area contributed by atoms with E-state index in [0.717, 1.165) is 34.6 Å². The summed E-state index contributed by atoms with van der Waals surface area (Å²) in [6.45, 7) is 2.09. The van der Waals surface area contributed by atoms with E-state index in [1.54, 1.807) is 0 Å². The molecule has 0 saturated heterocycles. The highest BCUT2D eigenvalue weighted by Gasteiger charge is 2.18. The maximum Gasteiger partial charge on any atom is 0.133 e. The Balaban J connectivity index is 2.19. The fourth-order valence-electron chi connectivity index (χ4n) is 2.47. The second-order valence-electron chi connectivity index (χ2n) is 4.86. The molecule has 3 nitrogen and oxygen atoms in total. The van der Waals surface area contributed by atoms with Crippen molar-refractivity contribution < 1.29 is 0 Å². The molecule has 3 rings (SSSR count). The third-order valence-electron chi connectivity index (χ3n) is 3.46. The van der Waals surface area contributed by atoms with Gasteiger partial charge in [-0.1, -0.05) is 42.8 Å². The summed E-state index contributed by atoms with van der Waals surface area (Å²) in [6, 6.07) is 15.6. The average Bonchev–Trinajstić information content (AvgIpc) is 2.62. The largest absolute Gasteiger partial charge is 0.383 e. The van der Waals surface area contributed by atoms with Gasteiger partial charge >= 0.3 is 0 Å². The summed E-state index contributed by atoms with van der Waals surface area (Å²) >= 11 is 6.11. The molecule has 0 bridgehead atoms. The number of nitrogens with one attached hydrogen (secondary N) is 1. The lowest BCUT2D eigenvalue weighted by Crippen LogP contribution is -2.16. The molecule has 0 aromatic heterocycles. The molecule has 1 heterocycles. The first-order valence-electron chi connectivity index (χ1n) is 6.88. The standard InChI is InChI=1S/C17H16ClN3/c1-2-13-16(11-6-5-7-12(18)10-11)17(19)21-15-9-4-3-8-14(15)20-13/h3-10,20H,2H2,1H3,(H2,19,21). The van der Waals surface area contributed by atoms with Crippen LogP contribution in [0.15, 0.2) is 59.2 Å². The first-order valence-corrected chi connectivity index (χ1v) is 7.26. The van der Waals surface area contributed by atoms with Gasteiger partial charge in [-0.3, -0.25) is 0 Å². The van der Waals surface area contributed by atoms with Crippen LogP contribution in [0.1, 0.15) is 18.9 Å². The van der Waals surface area contributed by atoms with Crippen molar-refractivity contribution in [2.75, 3.05) is 5.32 Å². The molecule has 0 atom stereocenters. The Morgan fingerprint density at radius 3 is 2.71 bits per heavy atom. The van der Waals surface area contributed by atoms with Crippen LogP contribution in [0.25, 0.3) is 5.57 Å². The Bertz CT molecular complexity index is 747. The van der Waals surface area contributed by atoms with E-state index in [-0.39, 0.29) is 0 Å². The van der Waals surface area contributed by atoms with Gasteiger partial charge in [-0.25, -0.2) is 4.99 Å². The van der Waals surface area contributed by atoms with Gasteiger partial charge in [0, 0.05) is 16.3 Å². The number of nitrogens with zero attached hydrogens (tertiary/aromatic N) is 1. The van der Waals surface area contributed by atoms with Crippen molar-refractivity contribution >= 4 is 34.4 Å². The molecule has 0 aliphatic carbocycles. The van der Waals surface area contributed by atoms with E-state index in [0.29, 0.717) is 10.9 Å². The van der Waals surface area contributed by atoms with Crippen molar-refractivity contribution in [2.24, 2.45) is 10.7 Å². The number of fused-ring (bicyclic) bond motifs is 1. The number of benzene rings is 2. The van der Waals surface area contributed by atoms with E-state index < -0.39 is 0 Å². The van der Waals surface area contributed by atoms with Crippen molar-refractivity contribution in [3.63, 3.8) is 0 Å². The molecule has 1 aliphatic heterocycles. The summed E-state index contributed by atoms with van der Waals surface area (Å²) in [5.74, 6) is 0.506. The zero-order valence-corrected chi connectivity index (χ0v) is 12.5. The molecule has 1 aliphatic rings. The van der Waals surface area contributed by atoms with Crippen LogP contribution in [-0.2, 0) is 0 Å². The number of anilines is 1. The van der Waals surface area contributed by atoms with Gasteiger partial charge in [0.1, 0.15) is 5.84 Å². The molecular weight excluding hydrogens is 282 g/mol. The Morgan fingerprint density at radius 2 is 1.95 bits per heavy atom. The van der Waals surface area contributed by atoms with Gasteiger partial charge in [-0.05, 0) is 36.2 Å². The molecule has 0 fully saturated rings. The van der Waals surface area contributed by atoms with Gasteiger partial charge in [0.2, 0.25) is 0 Å². The number of para-hydroxylation sites is 2. The van der Waals surface area contributed by atoms with E-state index in [9.17, 15) is 0 Å². The first kappa shape index (κ1) is 13.7. The average molecular weight is 298 g/mol. The van der Waals surface area contributed by atoms with Crippen molar-refractivity contribution in [2.45, 2.75) is 13.3 Å². The van der Waals surface area contributed by atoms with Crippen LogP contribution in [0.5, 0.6) is 0 Å². The summed E-state index contributed by atoms with van der Waals surface area (Å²) in [4.78, 5) is 4.56. The van der Waals surface area contributed by atoms with Crippen LogP contribution in [-0.4, -0.2) is 5.84 Å². The zero-order valence-electron chi connectivity index (χ0n) is 11.7. The molecule has 0 saturated carbocycles. The number of rotatable bonds is 2. The lowest BCUT2D eigenvalue weighted by atomic mass is 10.0. The maximum absolute atomic E-state index is 6.25. The lowest BCUT2D eigenvalue weighted by Gasteiger charge is -2.14. The highest BCUT2D eigenvalue weighted by atomic mass is 35.5. The monoisotopic (exact) mass is 297 g/mol. The predicted octanol–water partition coefficient (Wildman–Crippen LogP) is 4.58. The number of hydrogen-bond acceptors (Lipinski definition) is 3. The summed E-state index contributed by atoms with van der Waals surface area (Å²) in [7, 11) is 0. The molecule has 0 unspecified atom stereocenters. The van der Waals surface area contributed by atoms with E-state index in [2.05, 4.69) is 17.2 Å². The topological polar surface area (TPSA) is 50.4 Å². The molecule has 21 heavy (non-hydrogen) atoms. The molecule has 0 amide bonds. The number of nitrogens with two attached hydrogens (primary N) is 1. The molecule has 106 valence electrons. The van der Waals surface area contributed by atoms with E-state index in [4.69, 9.17) is 17.3 Å². The zero-order chi connectivity index (χ0) is 14.8. The Morgan fingerprint density at radius 1 is 1.14 bits per heavy atom. The van der Waals surface area contributed by atoms with Crippen molar-refractivity contribution in [3.8, 4) is 0 Å². The van der Waals surface area contributed by atoms with Crippen LogP contribution in [0.3, 0.4) is 0 Å². The van der Waals surface area contributed by atoms with Gasteiger partial charge in [0.15, 0.2) is 0 Å². The van der Waals surface area contributed by atoms with Crippen molar-refractivity contribution in [3.05, 3.63) is 64.8 Å². The van der Waals surface area contributed by atoms with Gasteiger partial charge in [-0.2, -0.15) is 0 Å². The second-order valence-corrected chi connectivity index (χ2v) is 5.29. The molecule has 0 radical (unpaired) electrons. The van der Waals surface area contributed by atoms with Crippen LogP contribution in [0.4, 0.5) is 11.4 Å². The number of amidine groups is 1. The van der Waals surface area contributed by atoms with Crippen LogP contribution in [0.2, 0.25) is 5.02 Å². The predicted molar refractivity (Wildman–Crippen MR) is 90.0 cm³/mol. The second kappa shape index (κ2) is 5.62. The number of aliphatic imine (C=N–C) groups is 1. The Labute approximate surface area is 129 Å². The highest BCUT2D eigenvalue weighted by molar-refractivity contribution is 6.31. The van der Waals surface area contributed by atoms with Crippen LogP contribution in [0, 0.1) is 0 Å². The lowest BCUT2D eigenvalue weighted by molar-refractivity contribution is 1.11. The molecule has 2 aromatic carbocycles. The van der Waals surface area contributed by atoms with Gasteiger partial charge < -0.3 is 11.1 Å². The van der Waals surface area contributed by atoms with Gasteiger partial charge in [0.25, 0.3) is 0 Å². The molecule has 0 spiro atoms. The Kier molecular flexibility index (Phi) is 3.67. The molecule has 2 aromatic rings. The first-order chi connectivity index (χ1) is 10.2. The third-order valence-corrected chi connectivity index (χ3v) is 3.69. The normalized spacial score (nSPS) is 14.1. The highest BCUT2D eigenvalue weighted by Crippen LogP contribution is 2.33. The minimum absolute atomic E-state index is 0.506. The van der Waals surface area contributed by atoms with Gasteiger partial charge in [-0.15, -0.1) is 0 Å². The summed E-state index contributed by atoms with van der Waals surface area (Å²) in [5, 5.41) is 4.13. The van der Waals surface area contributed by atoms with E-state index in [1.807, 2.05) is 48.5 Å².